The molecule has 2 N–H and O–H groups in total. The molecule has 0 amide bonds. The first kappa shape index (κ1) is 23.6. The molecule has 6 nitrogen and oxygen atoms in total. The first-order chi connectivity index (χ1) is 13.6. The molecular weight excluding hydrogens is 499 g/mol. The van der Waals surface area contributed by atoms with Crippen LogP contribution in [0.1, 0.15) is 18.4 Å². The van der Waals surface area contributed by atoms with Gasteiger partial charge in [0.1, 0.15) is 0 Å². The van der Waals surface area contributed by atoms with Crippen molar-refractivity contribution in [2.75, 3.05) is 26.7 Å². The van der Waals surface area contributed by atoms with Crippen LogP contribution in [0.5, 0.6) is 0 Å². The Morgan fingerprint density at radius 3 is 2.17 bits per heavy atom. The number of aliphatic imine (C=N–C) groups is 1. The monoisotopic (exact) mass is 528 g/mol. The third-order valence-corrected chi connectivity index (χ3v) is 6.95. The molecule has 1 saturated heterocycles. The van der Waals surface area contributed by atoms with E-state index in [1.165, 1.54) is 5.56 Å². The van der Waals surface area contributed by atoms with E-state index in [2.05, 4.69) is 27.8 Å². The van der Waals surface area contributed by atoms with E-state index in [0.717, 1.165) is 25.3 Å². The van der Waals surface area contributed by atoms with Crippen molar-refractivity contribution in [3.8, 4) is 0 Å². The van der Waals surface area contributed by atoms with E-state index in [1.54, 1.807) is 35.6 Å². The number of hydrogen-bond acceptors (Lipinski definition) is 3. The molecule has 158 valence electrons. The molecular formula is C21H29IN4O2S. The van der Waals surface area contributed by atoms with Gasteiger partial charge in [0, 0.05) is 33.2 Å². The Morgan fingerprint density at radius 2 is 1.59 bits per heavy atom. The third kappa shape index (κ3) is 6.68. The fourth-order valence-electron chi connectivity index (χ4n) is 3.34. The van der Waals surface area contributed by atoms with Gasteiger partial charge in [0.05, 0.1) is 4.90 Å². The molecule has 0 saturated carbocycles. The highest BCUT2D eigenvalue weighted by molar-refractivity contribution is 14.0. The highest BCUT2D eigenvalue weighted by atomic mass is 127. The van der Waals surface area contributed by atoms with Gasteiger partial charge in [-0.05, 0) is 36.5 Å². The van der Waals surface area contributed by atoms with Gasteiger partial charge >= 0.3 is 0 Å². The lowest BCUT2D eigenvalue weighted by Gasteiger charge is -2.31. The highest BCUT2D eigenvalue weighted by Crippen LogP contribution is 2.23. The summed E-state index contributed by atoms with van der Waals surface area (Å²) in [6.07, 6.45) is 1.68. The lowest BCUT2D eigenvalue weighted by Crippen LogP contribution is -2.44. The van der Waals surface area contributed by atoms with Crippen LogP contribution in [0.4, 0.5) is 0 Å². The van der Waals surface area contributed by atoms with Crippen LogP contribution in [-0.2, 0) is 16.6 Å². The Hall–Kier alpha value is -1.65. The van der Waals surface area contributed by atoms with Gasteiger partial charge in [-0.15, -0.1) is 24.0 Å². The summed E-state index contributed by atoms with van der Waals surface area (Å²) in [5.41, 5.74) is 1.20. The SMILES string of the molecule is CN=C(NCc1ccccc1)NCC1CCN(S(=O)(=O)c2ccccc2)CC1.I. The van der Waals surface area contributed by atoms with Crippen LogP contribution in [0, 0.1) is 5.92 Å². The molecule has 0 aromatic heterocycles. The van der Waals surface area contributed by atoms with E-state index in [4.69, 9.17) is 0 Å². The van der Waals surface area contributed by atoms with Gasteiger partial charge < -0.3 is 10.6 Å². The van der Waals surface area contributed by atoms with E-state index in [0.29, 0.717) is 30.4 Å². The maximum absolute atomic E-state index is 12.7. The number of hydrogen-bond donors (Lipinski definition) is 2. The number of nitrogens with one attached hydrogen (secondary N) is 2. The zero-order valence-corrected chi connectivity index (χ0v) is 19.8. The fraction of sp³-hybridized carbons (Fsp3) is 0.381. The highest BCUT2D eigenvalue weighted by Gasteiger charge is 2.29. The van der Waals surface area contributed by atoms with Crippen molar-refractivity contribution in [2.24, 2.45) is 10.9 Å². The van der Waals surface area contributed by atoms with Crippen molar-refractivity contribution in [1.82, 2.24) is 14.9 Å². The van der Waals surface area contributed by atoms with Crippen LogP contribution in [0.3, 0.4) is 0 Å². The molecule has 1 aliphatic heterocycles. The lowest BCUT2D eigenvalue weighted by atomic mass is 9.98. The molecule has 1 fully saturated rings. The van der Waals surface area contributed by atoms with Crippen molar-refractivity contribution in [2.45, 2.75) is 24.3 Å². The molecule has 1 heterocycles. The number of piperidine rings is 1. The minimum absolute atomic E-state index is 0. The molecule has 29 heavy (non-hydrogen) atoms. The molecule has 0 radical (unpaired) electrons. The number of guanidine groups is 1. The van der Waals surface area contributed by atoms with Crippen LogP contribution in [0.15, 0.2) is 70.6 Å². The van der Waals surface area contributed by atoms with Gasteiger partial charge in [-0.25, -0.2) is 8.42 Å². The second-order valence-electron chi connectivity index (χ2n) is 6.95. The van der Waals surface area contributed by atoms with Crippen molar-refractivity contribution in [3.05, 3.63) is 66.2 Å². The molecule has 0 bridgehead atoms. The number of halogens is 1. The number of rotatable bonds is 6. The predicted octanol–water partition coefficient (Wildman–Crippen LogP) is 3.07. The summed E-state index contributed by atoms with van der Waals surface area (Å²) in [6.45, 7) is 2.61. The van der Waals surface area contributed by atoms with Crippen LogP contribution >= 0.6 is 24.0 Å². The molecule has 0 unspecified atom stereocenters. The summed E-state index contributed by atoms with van der Waals surface area (Å²) in [5.74, 6) is 1.20. The van der Waals surface area contributed by atoms with Crippen LogP contribution in [-0.4, -0.2) is 45.4 Å². The zero-order chi connectivity index (χ0) is 19.8. The Labute approximate surface area is 190 Å². The summed E-state index contributed by atoms with van der Waals surface area (Å²) in [5, 5.41) is 6.68. The second kappa shape index (κ2) is 11.5. The van der Waals surface area contributed by atoms with Gasteiger partial charge in [0.15, 0.2) is 5.96 Å². The van der Waals surface area contributed by atoms with Crippen LogP contribution in [0.2, 0.25) is 0 Å². The first-order valence-electron chi connectivity index (χ1n) is 9.63. The van der Waals surface area contributed by atoms with E-state index in [-0.39, 0.29) is 24.0 Å². The van der Waals surface area contributed by atoms with E-state index < -0.39 is 10.0 Å². The average Bonchev–Trinajstić information content (AvgIpc) is 2.75. The number of benzene rings is 2. The normalized spacial score (nSPS) is 16.1. The van der Waals surface area contributed by atoms with Crippen molar-refractivity contribution >= 4 is 40.0 Å². The molecule has 0 atom stereocenters. The van der Waals surface area contributed by atoms with Gasteiger partial charge in [-0.2, -0.15) is 4.31 Å². The fourth-order valence-corrected chi connectivity index (χ4v) is 4.83. The zero-order valence-electron chi connectivity index (χ0n) is 16.6. The van der Waals surface area contributed by atoms with Gasteiger partial charge in [0.25, 0.3) is 0 Å². The minimum atomic E-state index is -3.38. The molecule has 0 spiro atoms. The van der Waals surface area contributed by atoms with Gasteiger partial charge in [0.2, 0.25) is 10.0 Å². The molecule has 8 heteroatoms. The topological polar surface area (TPSA) is 73.8 Å². The Balaban J connectivity index is 0.00000300. The standard InChI is InChI=1S/C21H28N4O2S.HI/c1-22-21(23-16-18-8-4-2-5-9-18)24-17-19-12-14-25(15-13-19)28(26,27)20-10-6-3-7-11-20;/h2-11,19H,12-17H2,1H3,(H2,22,23,24);1H. The number of sulfonamides is 1. The maximum Gasteiger partial charge on any atom is 0.243 e. The summed E-state index contributed by atoms with van der Waals surface area (Å²) in [4.78, 5) is 4.64. The van der Waals surface area contributed by atoms with Crippen molar-refractivity contribution in [3.63, 3.8) is 0 Å². The maximum atomic E-state index is 12.7. The molecule has 2 aromatic rings. The van der Waals surface area contributed by atoms with Crippen molar-refractivity contribution < 1.29 is 8.42 Å². The third-order valence-electron chi connectivity index (χ3n) is 5.04. The molecule has 2 aromatic carbocycles. The summed E-state index contributed by atoms with van der Waals surface area (Å²) < 4.78 is 27.0. The van der Waals surface area contributed by atoms with E-state index >= 15 is 0 Å². The molecule has 3 rings (SSSR count). The largest absolute Gasteiger partial charge is 0.356 e. The Bertz CT molecular complexity index is 868. The average molecular weight is 528 g/mol. The lowest BCUT2D eigenvalue weighted by molar-refractivity contribution is 0.273. The number of nitrogens with zero attached hydrogens (tertiary/aromatic N) is 2. The quantitative estimate of drug-likeness (QED) is 0.344. The predicted molar refractivity (Wildman–Crippen MR) is 128 cm³/mol. The minimum Gasteiger partial charge on any atom is -0.356 e. The Morgan fingerprint density at radius 1 is 1.00 bits per heavy atom. The molecule has 0 aliphatic carbocycles. The summed E-state index contributed by atoms with van der Waals surface area (Å²) in [6, 6.07) is 18.9. The van der Waals surface area contributed by atoms with Crippen molar-refractivity contribution in [1.29, 1.82) is 0 Å². The van der Waals surface area contributed by atoms with E-state index in [1.807, 2.05) is 24.3 Å². The van der Waals surface area contributed by atoms with Crippen LogP contribution in [0.25, 0.3) is 0 Å². The smallest absolute Gasteiger partial charge is 0.243 e. The van der Waals surface area contributed by atoms with E-state index in [9.17, 15) is 8.42 Å². The molecule has 1 aliphatic rings. The van der Waals surface area contributed by atoms with Crippen LogP contribution < -0.4 is 10.6 Å². The Kier molecular flexibility index (Phi) is 9.38. The second-order valence-corrected chi connectivity index (χ2v) is 8.89. The summed E-state index contributed by atoms with van der Waals surface area (Å²) in [7, 11) is -1.62. The van der Waals surface area contributed by atoms with Gasteiger partial charge in [-0.1, -0.05) is 48.5 Å². The first-order valence-corrected chi connectivity index (χ1v) is 11.1. The summed E-state index contributed by atoms with van der Waals surface area (Å²) >= 11 is 0. The van der Waals surface area contributed by atoms with Gasteiger partial charge in [-0.3, -0.25) is 4.99 Å².